The quantitative estimate of drug-likeness (QED) is 0.326. The van der Waals surface area contributed by atoms with Gasteiger partial charge in [-0.05, 0) is 85.0 Å². The first-order valence-electron chi connectivity index (χ1n) is 10.2. The second-order valence-electron chi connectivity index (χ2n) is 8.20. The van der Waals surface area contributed by atoms with Gasteiger partial charge in [0.2, 0.25) is 0 Å². The molecule has 3 heterocycles. The van der Waals surface area contributed by atoms with E-state index in [1.807, 2.05) is 18.5 Å². The van der Waals surface area contributed by atoms with Crippen LogP contribution in [0.15, 0.2) is 36.7 Å². The van der Waals surface area contributed by atoms with Gasteiger partial charge >= 0.3 is 0 Å². The largest absolute Gasteiger partial charge is 0.375 e. The summed E-state index contributed by atoms with van der Waals surface area (Å²) >= 11 is 8.26. The SMILES string of the molecule is Clc1ncc(CNCC[C@]2(c3ccccn3)CCOC3(CCCC3)C2)cc1I. The second-order valence-corrected chi connectivity index (χ2v) is 9.72. The minimum absolute atomic E-state index is 0.0754. The van der Waals surface area contributed by atoms with Crippen LogP contribution in [0.3, 0.4) is 0 Å². The molecule has 150 valence electrons. The van der Waals surface area contributed by atoms with Crippen LogP contribution in [0.4, 0.5) is 0 Å². The molecule has 2 fully saturated rings. The Morgan fingerprint density at radius 2 is 2.04 bits per heavy atom. The summed E-state index contributed by atoms with van der Waals surface area (Å²) in [4.78, 5) is 9.03. The molecule has 1 saturated heterocycles. The number of pyridine rings is 2. The average molecular weight is 512 g/mol. The number of halogens is 2. The van der Waals surface area contributed by atoms with Crippen LogP contribution in [-0.2, 0) is 16.7 Å². The number of aromatic nitrogens is 2. The first kappa shape index (κ1) is 20.5. The summed E-state index contributed by atoms with van der Waals surface area (Å²) in [7, 11) is 0. The number of nitrogens with zero attached hydrogens (tertiary/aromatic N) is 2. The molecule has 2 aromatic heterocycles. The molecule has 0 amide bonds. The molecular weight excluding hydrogens is 485 g/mol. The first-order chi connectivity index (χ1) is 13.6. The van der Waals surface area contributed by atoms with E-state index in [1.165, 1.54) is 36.9 Å². The van der Waals surface area contributed by atoms with E-state index < -0.39 is 0 Å². The van der Waals surface area contributed by atoms with Crippen LogP contribution in [0.1, 0.15) is 56.2 Å². The van der Waals surface area contributed by atoms with E-state index in [9.17, 15) is 0 Å². The summed E-state index contributed by atoms with van der Waals surface area (Å²) in [6.07, 6.45) is 12.0. The van der Waals surface area contributed by atoms with Gasteiger partial charge in [0.1, 0.15) is 5.15 Å². The lowest BCUT2D eigenvalue weighted by Gasteiger charge is -2.46. The molecule has 0 radical (unpaired) electrons. The van der Waals surface area contributed by atoms with Gasteiger partial charge in [-0.15, -0.1) is 0 Å². The third-order valence-corrected chi connectivity index (χ3v) is 7.78. The Hall–Kier alpha value is -0.760. The highest BCUT2D eigenvalue weighted by Crippen LogP contribution is 2.49. The summed E-state index contributed by atoms with van der Waals surface area (Å²) in [5, 5.41) is 4.19. The van der Waals surface area contributed by atoms with Crippen molar-refractivity contribution in [1.29, 1.82) is 0 Å². The summed E-state index contributed by atoms with van der Waals surface area (Å²) in [6.45, 7) is 2.60. The number of ether oxygens (including phenoxy) is 1. The molecule has 0 bridgehead atoms. The zero-order valence-electron chi connectivity index (χ0n) is 16.1. The van der Waals surface area contributed by atoms with E-state index in [0.717, 1.165) is 42.5 Å². The number of hydrogen-bond acceptors (Lipinski definition) is 4. The molecule has 1 aliphatic carbocycles. The minimum atomic E-state index is 0.0754. The maximum atomic E-state index is 6.33. The van der Waals surface area contributed by atoms with Crippen molar-refractivity contribution in [3.05, 3.63) is 56.6 Å². The van der Waals surface area contributed by atoms with Gasteiger partial charge in [-0.25, -0.2) is 4.98 Å². The molecule has 1 aliphatic heterocycles. The molecule has 0 unspecified atom stereocenters. The van der Waals surface area contributed by atoms with E-state index in [2.05, 4.69) is 51.1 Å². The topological polar surface area (TPSA) is 47.0 Å². The summed E-state index contributed by atoms with van der Waals surface area (Å²) in [6, 6.07) is 8.43. The van der Waals surface area contributed by atoms with Crippen molar-refractivity contribution in [1.82, 2.24) is 15.3 Å². The molecule has 1 spiro atoms. The van der Waals surface area contributed by atoms with Crippen molar-refractivity contribution in [2.45, 2.75) is 62.5 Å². The molecule has 1 saturated carbocycles. The van der Waals surface area contributed by atoms with E-state index in [-0.39, 0.29) is 11.0 Å². The molecule has 6 heteroatoms. The number of hydrogen-bond donors (Lipinski definition) is 1. The van der Waals surface area contributed by atoms with Crippen LogP contribution in [0.5, 0.6) is 0 Å². The van der Waals surface area contributed by atoms with Crippen LogP contribution in [0.2, 0.25) is 5.15 Å². The Morgan fingerprint density at radius 1 is 1.18 bits per heavy atom. The highest BCUT2D eigenvalue weighted by molar-refractivity contribution is 14.1. The van der Waals surface area contributed by atoms with Crippen LogP contribution in [0.25, 0.3) is 0 Å². The van der Waals surface area contributed by atoms with Crippen molar-refractivity contribution >= 4 is 34.2 Å². The van der Waals surface area contributed by atoms with Gasteiger partial charge in [-0.2, -0.15) is 0 Å². The van der Waals surface area contributed by atoms with Crippen molar-refractivity contribution in [2.24, 2.45) is 0 Å². The van der Waals surface area contributed by atoms with Crippen molar-refractivity contribution in [3.63, 3.8) is 0 Å². The fourth-order valence-electron chi connectivity index (χ4n) is 4.91. The Balaban J connectivity index is 1.45. The minimum Gasteiger partial charge on any atom is -0.375 e. The molecule has 4 rings (SSSR count). The predicted octanol–water partition coefficient (Wildman–Crippen LogP) is 5.28. The fraction of sp³-hybridized carbons (Fsp3) is 0.545. The molecule has 2 aromatic rings. The van der Waals surface area contributed by atoms with Gasteiger partial charge in [0.25, 0.3) is 0 Å². The second kappa shape index (κ2) is 8.94. The van der Waals surface area contributed by atoms with E-state index in [1.54, 1.807) is 0 Å². The lowest BCUT2D eigenvalue weighted by molar-refractivity contribution is -0.104. The third-order valence-electron chi connectivity index (χ3n) is 6.33. The Kier molecular flexibility index (Phi) is 6.55. The molecule has 4 nitrogen and oxygen atoms in total. The van der Waals surface area contributed by atoms with Crippen LogP contribution >= 0.6 is 34.2 Å². The Morgan fingerprint density at radius 3 is 2.79 bits per heavy atom. The highest BCUT2D eigenvalue weighted by atomic mass is 127. The highest BCUT2D eigenvalue weighted by Gasteiger charge is 2.48. The standard InChI is InChI=1S/C22H27ClIN3O/c23-20-18(24)13-17(15-27-20)14-25-11-8-21(19-5-1-4-10-26-19)9-12-28-22(16-21)6-2-3-7-22/h1,4-5,10,13,15,25H,2-3,6-9,11-12,14,16H2/t21-/m0/s1. The third kappa shape index (κ3) is 4.53. The maximum Gasteiger partial charge on any atom is 0.142 e. The van der Waals surface area contributed by atoms with Gasteiger partial charge < -0.3 is 10.1 Å². The van der Waals surface area contributed by atoms with E-state index in [4.69, 9.17) is 21.3 Å². The molecule has 28 heavy (non-hydrogen) atoms. The molecule has 0 aromatic carbocycles. The lowest BCUT2D eigenvalue weighted by atomic mass is 9.68. The van der Waals surface area contributed by atoms with Gasteiger partial charge in [0, 0.05) is 36.7 Å². The Labute approximate surface area is 186 Å². The van der Waals surface area contributed by atoms with Crippen LogP contribution < -0.4 is 5.32 Å². The van der Waals surface area contributed by atoms with Gasteiger partial charge in [0.05, 0.1) is 9.17 Å². The van der Waals surface area contributed by atoms with Crippen LogP contribution in [-0.4, -0.2) is 28.7 Å². The van der Waals surface area contributed by atoms with Gasteiger partial charge in [0.15, 0.2) is 0 Å². The monoisotopic (exact) mass is 511 g/mol. The number of nitrogens with one attached hydrogen (secondary N) is 1. The average Bonchev–Trinajstić information content (AvgIpc) is 3.16. The molecular formula is C22H27ClIN3O. The maximum absolute atomic E-state index is 6.33. The fourth-order valence-corrected chi connectivity index (χ4v) is 5.56. The molecule has 1 atom stereocenters. The smallest absolute Gasteiger partial charge is 0.142 e. The van der Waals surface area contributed by atoms with Crippen LogP contribution in [0, 0.1) is 3.57 Å². The molecule has 2 aliphatic rings. The van der Waals surface area contributed by atoms with Crippen molar-refractivity contribution < 1.29 is 4.74 Å². The summed E-state index contributed by atoms with van der Waals surface area (Å²) in [5.74, 6) is 0. The number of rotatable bonds is 6. The first-order valence-corrected chi connectivity index (χ1v) is 11.6. The Bertz CT molecular complexity index is 798. The van der Waals surface area contributed by atoms with Crippen molar-refractivity contribution in [2.75, 3.05) is 13.2 Å². The van der Waals surface area contributed by atoms with E-state index >= 15 is 0 Å². The lowest BCUT2D eigenvalue weighted by Crippen LogP contribution is -2.47. The summed E-state index contributed by atoms with van der Waals surface area (Å²) in [5.41, 5.74) is 2.57. The normalized spacial score (nSPS) is 23.9. The van der Waals surface area contributed by atoms with Crippen molar-refractivity contribution in [3.8, 4) is 0 Å². The zero-order chi connectivity index (χ0) is 19.5. The predicted molar refractivity (Wildman–Crippen MR) is 121 cm³/mol. The van der Waals surface area contributed by atoms with Gasteiger partial charge in [-0.3, -0.25) is 4.98 Å². The zero-order valence-corrected chi connectivity index (χ0v) is 19.0. The van der Waals surface area contributed by atoms with E-state index in [0.29, 0.717) is 5.15 Å². The summed E-state index contributed by atoms with van der Waals surface area (Å²) < 4.78 is 7.33. The molecule has 1 N–H and O–H groups in total. The van der Waals surface area contributed by atoms with Gasteiger partial charge in [-0.1, -0.05) is 30.5 Å².